The molecule has 0 radical (unpaired) electrons. The van der Waals surface area contributed by atoms with Crippen molar-refractivity contribution < 1.29 is 18.7 Å². The molecule has 0 unspecified atom stereocenters. The molecule has 0 N–H and O–H groups in total. The molecular formula is C3H5Ti. The maximum atomic E-state index is 2.43. The third-order valence-electron chi connectivity index (χ3n) is 0.577. The third kappa shape index (κ3) is 0.309. The summed E-state index contributed by atoms with van der Waals surface area (Å²) in [5.74, 6) is 0. The second-order valence-corrected chi connectivity index (χ2v) is 3.00. The Balaban J connectivity index is 2.47. The summed E-state index contributed by atoms with van der Waals surface area (Å²) in [5, 5.41) is 0. The molecule has 0 aromatic carbocycles. The van der Waals surface area contributed by atoms with E-state index in [0.717, 1.165) is 0 Å². The van der Waals surface area contributed by atoms with Crippen molar-refractivity contribution in [1.29, 1.82) is 0 Å². The van der Waals surface area contributed by atoms with Crippen LogP contribution in [-0.2, 0) is 18.7 Å². The summed E-state index contributed by atoms with van der Waals surface area (Å²) in [7, 11) is 0. The van der Waals surface area contributed by atoms with Gasteiger partial charge in [0, 0.05) is 0 Å². The first-order valence-electron chi connectivity index (χ1n) is 1.55. The Morgan fingerprint density at radius 2 is 2.00 bits per heavy atom. The van der Waals surface area contributed by atoms with Gasteiger partial charge in [0.1, 0.15) is 0 Å². The van der Waals surface area contributed by atoms with Gasteiger partial charge in [-0.15, -0.1) is 0 Å². The fourth-order valence-corrected chi connectivity index (χ4v) is 0.595. The summed E-state index contributed by atoms with van der Waals surface area (Å²) in [4.78, 5) is 0. The molecule has 1 heterocycles. The van der Waals surface area contributed by atoms with Crippen molar-refractivity contribution in [3.05, 3.63) is 0 Å². The standard InChI is InChI=1S/C3H5.Ti/c1-3-2;/h1H,2-3H2;. The topological polar surface area (TPSA) is 0 Å². The quantitative estimate of drug-likeness (QED) is 0.383. The van der Waals surface area contributed by atoms with Gasteiger partial charge >= 0.3 is 34.2 Å². The number of hydrogen-bond donors (Lipinski definition) is 0. The van der Waals surface area contributed by atoms with Gasteiger partial charge in [-0.2, -0.15) is 0 Å². The molecule has 0 aromatic rings. The molecule has 1 rings (SSSR count). The molecular weight excluding hydrogens is 83.9 g/mol. The van der Waals surface area contributed by atoms with Crippen molar-refractivity contribution in [3.63, 3.8) is 0 Å². The molecule has 4 heavy (non-hydrogen) atoms. The van der Waals surface area contributed by atoms with Crippen LogP contribution < -0.4 is 0 Å². The average molecular weight is 88.9 g/mol. The normalized spacial score (nSPS) is 18.0. The summed E-state index contributed by atoms with van der Waals surface area (Å²) in [5.41, 5.74) is 0. The Hall–Kier alpha value is 0.584. The SMILES string of the molecule is [CH]1=[Ti][CH2]C1. The molecule has 1 aliphatic heterocycles. The van der Waals surface area contributed by atoms with Crippen LogP contribution in [0.1, 0.15) is 6.42 Å². The minimum absolute atomic E-state index is 0.569. The molecule has 21 valence electrons. The summed E-state index contributed by atoms with van der Waals surface area (Å²) in [6, 6.07) is 0. The second-order valence-electron chi connectivity index (χ2n) is 0.947. The van der Waals surface area contributed by atoms with Crippen LogP contribution in [0, 0.1) is 0 Å². The van der Waals surface area contributed by atoms with E-state index in [1.807, 2.05) is 0 Å². The van der Waals surface area contributed by atoms with Gasteiger partial charge in [-0.25, -0.2) is 0 Å². The van der Waals surface area contributed by atoms with Crippen LogP contribution in [0.25, 0.3) is 0 Å². The van der Waals surface area contributed by atoms with E-state index in [-0.39, 0.29) is 0 Å². The summed E-state index contributed by atoms with van der Waals surface area (Å²) < 4.78 is 4.00. The van der Waals surface area contributed by atoms with E-state index in [4.69, 9.17) is 0 Å². The predicted molar refractivity (Wildman–Crippen MR) is 15.5 cm³/mol. The van der Waals surface area contributed by atoms with E-state index < -0.39 is 0 Å². The first-order valence-corrected chi connectivity index (χ1v) is 3.56. The van der Waals surface area contributed by atoms with Gasteiger partial charge in [0.2, 0.25) is 0 Å². The molecule has 0 fully saturated rings. The molecule has 1 aliphatic rings. The van der Waals surface area contributed by atoms with Gasteiger partial charge < -0.3 is 0 Å². The fourth-order valence-electron chi connectivity index (χ4n) is 0.144. The van der Waals surface area contributed by atoms with Crippen molar-refractivity contribution in [3.8, 4) is 0 Å². The van der Waals surface area contributed by atoms with E-state index in [1.165, 1.54) is 6.42 Å². The molecule has 0 saturated carbocycles. The molecule has 0 bridgehead atoms. The van der Waals surface area contributed by atoms with Crippen LogP contribution in [-0.4, -0.2) is 4.31 Å². The van der Waals surface area contributed by atoms with Crippen molar-refractivity contribution in [1.82, 2.24) is 0 Å². The van der Waals surface area contributed by atoms with Crippen LogP contribution in [0.2, 0.25) is 4.73 Å². The molecule has 0 aliphatic carbocycles. The Morgan fingerprint density at radius 1 is 1.75 bits per heavy atom. The molecule has 0 aromatic heterocycles. The van der Waals surface area contributed by atoms with Crippen molar-refractivity contribution in [2.24, 2.45) is 0 Å². The first kappa shape index (κ1) is 2.80. The Morgan fingerprint density at radius 3 is 2.00 bits per heavy atom. The van der Waals surface area contributed by atoms with Crippen LogP contribution >= 0.6 is 0 Å². The second kappa shape index (κ2) is 1.14. The zero-order valence-electron chi connectivity index (χ0n) is 2.49. The van der Waals surface area contributed by atoms with Gasteiger partial charge in [0.15, 0.2) is 0 Å². The monoisotopic (exact) mass is 89.0 g/mol. The maximum absolute atomic E-state index is 2.43. The zero-order chi connectivity index (χ0) is 2.83. The van der Waals surface area contributed by atoms with Gasteiger partial charge in [-0.1, -0.05) is 0 Å². The summed E-state index contributed by atoms with van der Waals surface area (Å²) >= 11 is 0.569. The summed E-state index contributed by atoms with van der Waals surface area (Å²) in [6.45, 7) is 0. The molecule has 1 heteroatoms. The van der Waals surface area contributed by atoms with Gasteiger partial charge in [0.05, 0.1) is 0 Å². The molecule has 0 amide bonds. The van der Waals surface area contributed by atoms with Crippen molar-refractivity contribution in [2.45, 2.75) is 11.1 Å². The molecule has 0 spiro atoms. The summed E-state index contributed by atoms with van der Waals surface area (Å²) in [6.07, 6.45) is 1.43. The zero-order valence-corrected chi connectivity index (χ0v) is 4.05. The van der Waals surface area contributed by atoms with Crippen LogP contribution in [0.3, 0.4) is 0 Å². The third-order valence-corrected chi connectivity index (χ3v) is 2.38. The number of hydrogen-bond acceptors (Lipinski definition) is 0. The van der Waals surface area contributed by atoms with Gasteiger partial charge in [-0.3, -0.25) is 0 Å². The van der Waals surface area contributed by atoms with Gasteiger partial charge in [-0.05, 0) is 0 Å². The predicted octanol–water partition coefficient (Wildman–Crippen LogP) is 0.693. The van der Waals surface area contributed by atoms with Gasteiger partial charge in [0.25, 0.3) is 0 Å². The van der Waals surface area contributed by atoms with E-state index in [2.05, 4.69) is 4.31 Å². The molecule has 0 atom stereocenters. The van der Waals surface area contributed by atoms with E-state index in [9.17, 15) is 0 Å². The average Bonchev–Trinajstić information content (AvgIpc) is 0.722. The Kier molecular flexibility index (Phi) is 0.798. The number of rotatable bonds is 0. The first-order chi connectivity index (χ1) is 2.00. The van der Waals surface area contributed by atoms with E-state index >= 15 is 0 Å². The molecule has 0 nitrogen and oxygen atoms in total. The molecule has 0 saturated heterocycles. The van der Waals surface area contributed by atoms with Crippen molar-refractivity contribution >= 4 is 4.31 Å². The fraction of sp³-hybridized carbons (Fsp3) is 0.667. The van der Waals surface area contributed by atoms with Crippen LogP contribution in [0.4, 0.5) is 0 Å². The Bertz CT molecular complexity index is 32.5. The van der Waals surface area contributed by atoms with Crippen molar-refractivity contribution in [2.75, 3.05) is 0 Å². The minimum atomic E-state index is 0.569. The van der Waals surface area contributed by atoms with E-state index in [1.54, 1.807) is 4.73 Å². The van der Waals surface area contributed by atoms with Crippen LogP contribution in [0.15, 0.2) is 0 Å². The van der Waals surface area contributed by atoms with E-state index in [0.29, 0.717) is 18.7 Å². The van der Waals surface area contributed by atoms with Crippen LogP contribution in [0.5, 0.6) is 0 Å². The Labute approximate surface area is 34.6 Å².